The molecular weight excluding hydrogens is 397 g/mol. The second-order valence-corrected chi connectivity index (χ2v) is 5.69. The molecule has 1 aliphatic heterocycles. The minimum absolute atomic E-state index is 0. The van der Waals surface area contributed by atoms with Crippen molar-refractivity contribution in [1.29, 1.82) is 0 Å². The number of aliphatic imine (C=N–C) groups is 1. The molecule has 2 N–H and O–H groups in total. The van der Waals surface area contributed by atoms with Gasteiger partial charge in [0.05, 0.1) is 0 Å². The van der Waals surface area contributed by atoms with Gasteiger partial charge in [0.15, 0.2) is 5.96 Å². The maximum Gasteiger partial charge on any atom is 0.191 e. The van der Waals surface area contributed by atoms with Crippen molar-refractivity contribution in [2.24, 2.45) is 4.99 Å². The number of rotatable bonds is 5. The average Bonchev–Trinajstić information content (AvgIpc) is 2.61. The molecule has 1 atom stereocenters. The van der Waals surface area contributed by atoms with Gasteiger partial charge >= 0.3 is 0 Å². The van der Waals surface area contributed by atoms with Gasteiger partial charge < -0.3 is 10.6 Å². The minimum Gasteiger partial charge on any atom is -0.356 e. The summed E-state index contributed by atoms with van der Waals surface area (Å²) < 4.78 is 0. The normalized spacial score (nSPS) is 14.9. The summed E-state index contributed by atoms with van der Waals surface area (Å²) in [4.78, 5) is 4.50. The summed E-state index contributed by atoms with van der Waals surface area (Å²) in [6, 6.07) is 21.4. The van der Waals surface area contributed by atoms with E-state index in [4.69, 9.17) is 0 Å². The van der Waals surface area contributed by atoms with Crippen LogP contribution in [0.5, 0.6) is 0 Å². The number of hydrogen-bond acceptors (Lipinski definition) is 3. The van der Waals surface area contributed by atoms with Crippen molar-refractivity contribution in [2.75, 3.05) is 19.6 Å². The fourth-order valence-electron chi connectivity index (χ4n) is 2.80. The highest BCUT2D eigenvalue weighted by molar-refractivity contribution is 14.0. The number of guanidine groups is 1. The van der Waals surface area contributed by atoms with E-state index in [1.165, 1.54) is 11.1 Å². The van der Waals surface area contributed by atoms with Gasteiger partial charge in [0, 0.05) is 25.6 Å². The van der Waals surface area contributed by atoms with Crippen LogP contribution in [-0.4, -0.2) is 25.6 Å². The predicted molar refractivity (Wildman–Crippen MR) is 108 cm³/mol. The van der Waals surface area contributed by atoms with Crippen molar-refractivity contribution >= 4 is 29.9 Å². The van der Waals surface area contributed by atoms with Gasteiger partial charge in [-0.1, -0.05) is 60.7 Å². The van der Waals surface area contributed by atoms with Crippen molar-refractivity contribution in [2.45, 2.75) is 18.8 Å². The first-order valence-electron chi connectivity index (χ1n) is 8.03. The third-order valence-electron chi connectivity index (χ3n) is 4.01. The van der Waals surface area contributed by atoms with Crippen molar-refractivity contribution in [3.05, 3.63) is 71.8 Å². The van der Waals surface area contributed by atoms with Gasteiger partial charge in [-0.2, -0.15) is 0 Å². The maximum absolute atomic E-state index is 4.50. The van der Waals surface area contributed by atoms with E-state index in [1.807, 2.05) is 0 Å². The van der Waals surface area contributed by atoms with Gasteiger partial charge in [0.25, 0.3) is 0 Å². The summed E-state index contributed by atoms with van der Waals surface area (Å²) in [5.74, 6) is 1.38. The summed E-state index contributed by atoms with van der Waals surface area (Å²) in [5.41, 5.74) is 2.74. The molecule has 0 bridgehead atoms. The Hall–Kier alpha value is -1.56. The summed E-state index contributed by atoms with van der Waals surface area (Å²) in [6.45, 7) is 2.83. The van der Waals surface area contributed by atoms with Gasteiger partial charge in [-0.25, -0.2) is 0 Å². The molecule has 1 heterocycles. The molecule has 1 aliphatic rings. The first-order valence-corrected chi connectivity index (χ1v) is 8.03. The standard InChI is InChI=1S/C19H23N3.HI/c1-3-8-16(9-4-1)14-18(17-10-5-2-6-11-17)15-22-19-20-12-7-13-21-19;/h1-6,8-11,18H,7,12-15H2,(H2,20,21,22);1H. The quantitative estimate of drug-likeness (QED) is 0.725. The molecule has 2 aromatic rings. The first kappa shape index (κ1) is 17.8. The molecule has 0 saturated carbocycles. The van der Waals surface area contributed by atoms with Gasteiger partial charge in [0.1, 0.15) is 0 Å². The number of halogens is 1. The summed E-state index contributed by atoms with van der Waals surface area (Å²) in [7, 11) is 0. The minimum atomic E-state index is 0. The van der Waals surface area contributed by atoms with E-state index >= 15 is 0 Å². The first-order chi connectivity index (χ1) is 10.9. The third-order valence-corrected chi connectivity index (χ3v) is 4.01. The van der Waals surface area contributed by atoms with E-state index in [0.717, 1.165) is 38.4 Å². The molecule has 0 radical (unpaired) electrons. The molecule has 0 aliphatic carbocycles. The maximum atomic E-state index is 4.50. The highest BCUT2D eigenvalue weighted by atomic mass is 127. The number of benzene rings is 2. The summed E-state index contributed by atoms with van der Waals surface area (Å²) in [5, 5.41) is 6.81. The van der Waals surface area contributed by atoms with Crippen molar-refractivity contribution in [3.63, 3.8) is 0 Å². The van der Waals surface area contributed by atoms with Gasteiger partial charge in [-0.3, -0.25) is 4.99 Å². The Labute approximate surface area is 155 Å². The lowest BCUT2D eigenvalue weighted by atomic mass is 9.92. The molecule has 0 saturated heterocycles. The van der Waals surface area contributed by atoms with Crippen LogP contribution >= 0.6 is 24.0 Å². The Morgan fingerprint density at radius 1 is 1.00 bits per heavy atom. The highest BCUT2D eigenvalue weighted by Gasteiger charge is 2.13. The second-order valence-electron chi connectivity index (χ2n) is 5.69. The van der Waals surface area contributed by atoms with Crippen molar-refractivity contribution in [1.82, 2.24) is 10.6 Å². The summed E-state index contributed by atoms with van der Waals surface area (Å²) >= 11 is 0. The second kappa shape index (κ2) is 9.55. The van der Waals surface area contributed by atoms with Crippen molar-refractivity contribution < 1.29 is 0 Å². The molecule has 23 heavy (non-hydrogen) atoms. The van der Waals surface area contributed by atoms with E-state index in [2.05, 4.69) is 76.3 Å². The number of hydrogen-bond donors (Lipinski definition) is 2. The zero-order valence-electron chi connectivity index (χ0n) is 13.2. The lowest BCUT2D eigenvalue weighted by Crippen LogP contribution is -2.42. The Kier molecular flexibility index (Phi) is 7.39. The monoisotopic (exact) mass is 421 g/mol. The molecule has 3 nitrogen and oxygen atoms in total. The largest absolute Gasteiger partial charge is 0.356 e. The third kappa shape index (κ3) is 5.53. The van der Waals surface area contributed by atoms with Gasteiger partial charge in [0.2, 0.25) is 0 Å². The zero-order valence-corrected chi connectivity index (χ0v) is 15.6. The van der Waals surface area contributed by atoms with Crippen LogP contribution in [-0.2, 0) is 6.42 Å². The fraction of sp³-hybridized carbons (Fsp3) is 0.316. The molecule has 2 aromatic carbocycles. The number of nitrogens with one attached hydrogen (secondary N) is 2. The Balaban J connectivity index is 0.00000192. The molecule has 3 rings (SSSR count). The molecule has 0 amide bonds. The fourth-order valence-corrected chi connectivity index (χ4v) is 2.80. The zero-order chi connectivity index (χ0) is 15.0. The highest BCUT2D eigenvalue weighted by Crippen LogP contribution is 2.20. The molecule has 0 aromatic heterocycles. The van der Waals surface area contributed by atoms with E-state index in [1.54, 1.807) is 0 Å². The van der Waals surface area contributed by atoms with Crippen LogP contribution in [0.4, 0.5) is 0 Å². The van der Waals surface area contributed by atoms with Crippen molar-refractivity contribution in [3.8, 4) is 0 Å². The molecule has 0 fully saturated rings. The average molecular weight is 421 g/mol. The van der Waals surface area contributed by atoms with Crippen LogP contribution in [0.15, 0.2) is 65.7 Å². The smallest absolute Gasteiger partial charge is 0.191 e. The lowest BCUT2D eigenvalue weighted by molar-refractivity contribution is 0.629. The lowest BCUT2D eigenvalue weighted by Gasteiger charge is -2.22. The van der Waals surface area contributed by atoms with Crippen LogP contribution in [0.25, 0.3) is 0 Å². The Bertz CT molecular complexity index is 599. The molecule has 4 heteroatoms. The molecule has 1 unspecified atom stereocenters. The van der Waals surface area contributed by atoms with Crippen LogP contribution in [0.1, 0.15) is 23.5 Å². The Morgan fingerprint density at radius 3 is 2.35 bits per heavy atom. The summed E-state index contributed by atoms with van der Waals surface area (Å²) in [6.07, 6.45) is 2.16. The Morgan fingerprint density at radius 2 is 1.70 bits per heavy atom. The SMILES string of the molecule is I.c1ccc(CC(CNC2=NCCCN2)c2ccccc2)cc1. The molecular formula is C19H24IN3. The number of nitrogens with zero attached hydrogens (tertiary/aromatic N) is 1. The predicted octanol–water partition coefficient (Wildman–Crippen LogP) is 3.57. The van der Waals surface area contributed by atoms with Crippen LogP contribution in [0.2, 0.25) is 0 Å². The van der Waals surface area contributed by atoms with E-state index in [-0.39, 0.29) is 24.0 Å². The van der Waals surface area contributed by atoms with Gasteiger partial charge in [-0.15, -0.1) is 24.0 Å². The van der Waals surface area contributed by atoms with E-state index in [9.17, 15) is 0 Å². The van der Waals surface area contributed by atoms with Gasteiger partial charge in [-0.05, 0) is 24.0 Å². The molecule has 0 spiro atoms. The topological polar surface area (TPSA) is 36.4 Å². The molecule has 122 valence electrons. The van der Waals surface area contributed by atoms with Crippen LogP contribution < -0.4 is 10.6 Å². The van der Waals surface area contributed by atoms with Crippen LogP contribution in [0.3, 0.4) is 0 Å². The van der Waals surface area contributed by atoms with E-state index < -0.39 is 0 Å². The van der Waals surface area contributed by atoms with E-state index in [0.29, 0.717) is 5.92 Å². The van der Waals surface area contributed by atoms with Crippen LogP contribution in [0, 0.1) is 0 Å².